The van der Waals surface area contributed by atoms with Crippen molar-refractivity contribution in [3.63, 3.8) is 0 Å². The van der Waals surface area contributed by atoms with Crippen LogP contribution < -0.4 is 0 Å². The molecule has 0 unspecified atom stereocenters. The molecule has 0 N–H and O–H groups in total. The fourth-order valence-corrected chi connectivity index (χ4v) is 5.49. The minimum absolute atomic E-state index is 0.0227. The average molecular weight is 488 g/mol. The lowest BCUT2D eigenvalue weighted by atomic mass is 9.88. The van der Waals surface area contributed by atoms with E-state index in [0.717, 1.165) is 16.7 Å². The first-order chi connectivity index (χ1) is 16.7. The first kappa shape index (κ1) is 25.4. The first-order valence-corrected chi connectivity index (χ1v) is 15.3. The molecule has 35 heavy (non-hydrogen) atoms. The van der Waals surface area contributed by atoms with E-state index in [1.807, 2.05) is 71.6 Å². The summed E-state index contributed by atoms with van der Waals surface area (Å²) in [6.07, 6.45) is -0.812. The monoisotopic (exact) mass is 487 g/mol. The van der Waals surface area contributed by atoms with Gasteiger partial charge in [-0.15, -0.1) is 0 Å². The van der Waals surface area contributed by atoms with Gasteiger partial charge in [0.05, 0.1) is 18.8 Å². The highest BCUT2D eigenvalue weighted by atomic mass is 28.4. The molecule has 4 rings (SSSR count). The van der Waals surface area contributed by atoms with Gasteiger partial charge in [-0.3, -0.25) is 4.79 Å². The van der Waals surface area contributed by atoms with E-state index in [1.165, 1.54) is 0 Å². The number of hydrogen-bond donors (Lipinski definition) is 0. The second-order valence-corrected chi connectivity index (χ2v) is 15.6. The van der Waals surface area contributed by atoms with Gasteiger partial charge in [-0.25, -0.2) is 0 Å². The summed E-state index contributed by atoms with van der Waals surface area (Å²) in [4.78, 5) is 15.4. The third kappa shape index (κ3) is 5.75. The molecule has 4 nitrogen and oxygen atoms in total. The van der Waals surface area contributed by atoms with Gasteiger partial charge in [0.1, 0.15) is 0 Å². The molecule has 0 aliphatic carbocycles. The van der Waals surface area contributed by atoms with Crippen LogP contribution in [0, 0.1) is 0 Å². The van der Waals surface area contributed by atoms with Crippen LogP contribution in [0.15, 0.2) is 91.0 Å². The third-order valence-electron chi connectivity index (χ3n) is 7.33. The van der Waals surface area contributed by atoms with Gasteiger partial charge in [-0.1, -0.05) is 112 Å². The van der Waals surface area contributed by atoms with Crippen molar-refractivity contribution in [1.29, 1.82) is 0 Å². The smallest absolute Gasteiger partial charge is 0.254 e. The molecule has 0 bridgehead atoms. The van der Waals surface area contributed by atoms with E-state index >= 15 is 0 Å². The summed E-state index contributed by atoms with van der Waals surface area (Å²) in [6, 6.07) is 30.3. The Morgan fingerprint density at radius 2 is 1.34 bits per heavy atom. The summed E-state index contributed by atoms with van der Waals surface area (Å²) in [5.74, 6) is 0.0227. The van der Waals surface area contributed by atoms with Crippen LogP contribution in [0.5, 0.6) is 0 Å². The van der Waals surface area contributed by atoms with Crippen molar-refractivity contribution in [3.05, 3.63) is 108 Å². The van der Waals surface area contributed by atoms with Gasteiger partial charge in [0, 0.05) is 6.54 Å². The van der Waals surface area contributed by atoms with Gasteiger partial charge in [0.2, 0.25) is 0 Å². The van der Waals surface area contributed by atoms with Crippen LogP contribution in [-0.2, 0) is 27.1 Å². The van der Waals surface area contributed by atoms with Gasteiger partial charge >= 0.3 is 0 Å². The Labute approximate surface area is 211 Å². The summed E-state index contributed by atoms with van der Waals surface area (Å²) in [7, 11) is -2.15. The number of ether oxygens (including phenoxy) is 1. The zero-order chi connectivity index (χ0) is 25.1. The number of benzene rings is 3. The van der Waals surface area contributed by atoms with Crippen LogP contribution in [0.3, 0.4) is 0 Å². The molecular weight excluding hydrogens is 450 g/mol. The molecule has 3 atom stereocenters. The van der Waals surface area contributed by atoms with E-state index in [4.69, 9.17) is 9.16 Å². The summed E-state index contributed by atoms with van der Waals surface area (Å²) < 4.78 is 13.4. The van der Waals surface area contributed by atoms with Crippen LogP contribution in [0.1, 0.15) is 43.6 Å². The Morgan fingerprint density at radius 1 is 0.829 bits per heavy atom. The van der Waals surface area contributed by atoms with Crippen molar-refractivity contribution in [1.82, 2.24) is 4.90 Å². The standard InChI is InChI=1S/C30H37NO3Si/c1-30(2,3)35(4,5)34-27(25-19-13-8-14-20-25)26-28(33-22-24-17-11-7-12-18-24)29(32)31(26)21-23-15-9-6-10-16-23/h6-20,26-28H,21-22H2,1-5H3/t26-,27+,28+/m0/s1. The fourth-order valence-electron chi connectivity index (χ4n) is 4.23. The SMILES string of the molecule is CC(C)(C)[Si](C)(C)O[C@H](c1ccccc1)[C@H]1[C@@H](OCc2ccccc2)C(=O)N1Cc1ccccc1. The van der Waals surface area contributed by atoms with E-state index in [0.29, 0.717) is 13.2 Å². The predicted molar refractivity (Wildman–Crippen MR) is 143 cm³/mol. The first-order valence-electron chi connectivity index (χ1n) is 12.4. The zero-order valence-electron chi connectivity index (χ0n) is 21.5. The van der Waals surface area contributed by atoms with Crippen molar-refractivity contribution in [2.45, 2.75) is 70.3 Å². The molecule has 1 heterocycles. The highest BCUT2D eigenvalue weighted by Gasteiger charge is 2.54. The highest BCUT2D eigenvalue weighted by molar-refractivity contribution is 6.74. The van der Waals surface area contributed by atoms with Gasteiger partial charge in [-0.2, -0.15) is 0 Å². The Hall–Kier alpha value is -2.73. The second kappa shape index (κ2) is 10.5. The summed E-state index contributed by atoms with van der Waals surface area (Å²) in [5, 5.41) is 0.0401. The molecule has 0 aromatic heterocycles. The predicted octanol–water partition coefficient (Wildman–Crippen LogP) is 6.75. The lowest BCUT2D eigenvalue weighted by molar-refractivity contribution is -0.188. The number of likely N-dealkylation sites (tertiary alicyclic amines) is 1. The molecule has 1 aliphatic rings. The normalized spacial score (nSPS) is 19.3. The van der Waals surface area contributed by atoms with Crippen LogP contribution in [0.4, 0.5) is 0 Å². The molecule has 0 radical (unpaired) electrons. The molecule has 3 aromatic rings. The zero-order valence-corrected chi connectivity index (χ0v) is 22.5. The van der Waals surface area contributed by atoms with Crippen molar-refractivity contribution >= 4 is 14.2 Å². The quantitative estimate of drug-likeness (QED) is 0.248. The minimum atomic E-state index is -2.15. The van der Waals surface area contributed by atoms with Crippen LogP contribution in [0.25, 0.3) is 0 Å². The number of β-lactam (4-membered cyclic amide) rings is 1. The van der Waals surface area contributed by atoms with Gasteiger partial charge in [0.15, 0.2) is 14.4 Å². The van der Waals surface area contributed by atoms with Gasteiger partial charge in [0.25, 0.3) is 5.91 Å². The highest BCUT2D eigenvalue weighted by Crippen LogP contribution is 2.44. The van der Waals surface area contributed by atoms with E-state index in [-0.39, 0.29) is 23.1 Å². The number of amides is 1. The Bertz CT molecular complexity index is 1100. The Morgan fingerprint density at radius 3 is 1.89 bits per heavy atom. The largest absolute Gasteiger partial charge is 0.408 e. The van der Waals surface area contributed by atoms with Crippen molar-refractivity contribution in [2.24, 2.45) is 0 Å². The maximum absolute atomic E-state index is 13.5. The van der Waals surface area contributed by atoms with Crippen LogP contribution in [0.2, 0.25) is 18.1 Å². The summed E-state index contributed by atoms with van der Waals surface area (Å²) >= 11 is 0. The third-order valence-corrected chi connectivity index (χ3v) is 11.8. The fraction of sp³-hybridized carbons (Fsp3) is 0.367. The number of hydrogen-bond acceptors (Lipinski definition) is 3. The Balaban J connectivity index is 1.68. The lowest BCUT2D eigenvalue weighted by Gasteiger charge is -2.52. The maximum atomic E-state index is 13.5. The van der Waals surface area contributed by atoms with E-state index in [2.05, 4.69) is 58.1 Å². The van der Waals surface area contributed by atoms with Gasteiger partial charge < -0.3 is 14.1 Å². The topological polar surface area (TPSA) is 38.8 Å². The number of nitrogens with zero attached hydrogens (tertiary/aromatic N) is 1. The lowest BCUT2D eigenvalue weighted by Crippen LogP contribution is -2.68. The second-order valence-electron chi connectivity index (χ2n) is 10.9. The van der Waals surface area contributed by atoms with E-state index in [1.54, 1.807) is 0 Å². The van der Waals surface area contributed by atoms with E-state index in [9.17, 15) is 4.79 Å². The summed E-state index contributed by atoms with van der Waals surface area (Å²) in [6.45, 7) is 12.2. The molecule has 1 aliphatic heterocycles. The molecule has 0 saturated carbocycles. The number of carbonyl (C=O) groups is 1. The van der Waals surface area contributed by atoms with Crippen LogP contribution in [-0.4, -0.2) is 31.3 Å². The van der Waals surface area contributed by atoms with Crippen molar-refractivity contribution in [2.75, 3.05) is 0 Å². The minimum Gasteiger partial charge on any atom is -0.408 e. The van der Waals surface area contributed by atoms with Crippen molar-refractivity contribution < 1.29 is 14.0 Å². The molecule has 1 fully saturated rings. The van der Waals surface area contributed by atoms with E-state index < -0.39 is 14.4 Å². The number of rotatable bonds is 9. The maximum Gasteiger partial charge on any atom is 0.254 e. The molecule has 0 spiro atoms. The molecule has 5 heteroatoms. The Kier molecular flexibility index (Phi) is 7.60. The molecule has 1 amide bonds. The number of carbonyl (C=O) groups excluding carboxylic acids is 1. The average Bonchev–Trinajstić information content (AvgIpc) is 2.85. The summed E-state index contributed by atoms with van der Waals surface area (Å²) in [5.41, 5.74) is 3.25. The van der Waals surface area contributed by atoms with Crippen molar-refractivity contribution in [3.8, 4) is 0 Å². The molecule has 184 valence electrons. The molecule has 3 aromatic carbocycles. The van der Waals surface area contributed by atoms with Gasteiger partial charge in [-0.05, 0) is 34.8 Å². The van der Waals surface area contributed by atoms with Crippen LogP contribution >= 0.6 is 0 Å². The molecular formula is C30H37NO3Si. The molecule has 1 saturated heterocycles.